The summed E-state index contributed by atoms with van der Waals surface area (Å²) in [6.07, 6.45) is 4.97. The lowest BCUT2D eigenvalue weighted by atomic mass is 9.82. The Morgan fingerprint density at radius 2 is 1.80 bits per heavy atom. The van der Waals surface area contributed by atoms with Crippen molar-refractivity contribution in [2.75, 3.05) is 0 Å². The zero-order valence-corrected chi connectivity index (χ0v) is 14.1. The Hall–Kier alpha value is -0.900. The molecule has 3 atom stereocenters. The van der Waals surface area contributed by atoms with Crippen molar-refractivity contribution in [1.29, 1.82) is 0 Å². The first kappa shape index (κ1) is 15.5. The summed E-state index contributed by atoms with van der Waals surface area (Å²) < 4.78 is 1.98. The first-order chi connectivity index (χ1) is 9.10. The van der Waals surface area contributed by atoms with Gasteiger partial charge in [0.2, 0.25) is 0 Å². The van der Waals surface area contributed by atoms with Gasteiger partial charge >= 0.3 is 0 Å². The van der Waals surface area contributed by atoms with Gasteiger partial charge in [0.05, 0.1) is 6.20 Å². The molecule has 0 saturated carbocycles. The molecule has 4 nitrogen and oxygen atoms in total. The predicted molar refractivity (Wildman–Crippen MR) is 82.4 cm³/mol. The van der Waals surface area contributed by atoms with Crippen molar-refractivity contribution in [2.45, 2.75) is 79.1 Å². The van der Waals surface area contributed by atoms with Crippen LogP contribution < -0.4 is 0 Å². The molecular weight excluding hydrogens is 248 g/mol. The number of likely N-dealkylation sites (tertiary alicyclic amines) is 1. The number of rotatable bonds is 2. The van der Waals surface area contributed by atoms with E-state index in [2.05, 4.69) is 63.7 Å². The molecule has 0 aliphatic carbocycles. The van der Waals surface area contributed by atoms with E-state index in [1.807, 2.05) is 10.9 Å². The van der Waals surface area contributed by atoms with E-state index in [1.54, 1.807) is 6.20 Å². The number of hydrogen-bond donors (Lipinski definition) is 0. The first-order valence-corrected chi connectivity index (χ1v) is 7.73. The maximum absolute atomic E-state index is 4.14. The molecule has 4 heteroatoms. The van der Waals surface area contributed by atoms with Crippen LogP contribution in [0.15, 0.2) is 12.4 Å². The summed E-state index contributed by atoms with van der Waals surface area (Å²) in [6, 6.07) is 1.19. The molecule has 1 aromatic heterocycles. The molecule has 2 heterocycles. The summed E-state index contributed by atoms with van der Waals surface area (Å²) in [5.41, 5.74) is 0.507. The zero-order chi connectivity index (χ0) is 15.1. The lowest BCUT2D eigenvalue weighted by Gasteiger charge is -2.45. The molecule has 0 aromatic carbocycles. The smallest absolute Gasteiger partial charge is 0.0692 e. The molecule has 1 aromatic rings. The van der Waals surface area contributed by atoms with E-state index < -0.39 is 0 Å². The van der Waals surface area contributed by atoms with Crippen LogP contribution in [0.3, 0.4) is 0 Å². The second-order valence-corrected chi connectivity index (χ2v) is 8.32. The number of aromatic nitrogens is 3. The maximum atomic E-state index is 4.14. The Bertz CT molecular complexity index is 424. The minimum Gasteiger partial charge on any atom is -0.292 e. The van der Waals surface area contributed by atoms with E-state index >= 15 is 0 Å². The Morgan fingerprint density at radius 3 is 2.20 bits per heavy atom. The monoisotopic (exact) mass is 278 g/mol. The van der Waals surface area contributed by atoms with E-state index in [-0.39, 0.29) is 5.54 Å². The van der Waals surface area contributed by atoms with Crippen LogP contribution in [0, 0.1) is 11.3 Å². The highest BCUT2D eigenvalue weighted by Crippen LogP contribution is 2.43. The molecular formula is C16H30N4. The van der Waals surface area contributed by atoms with Gasteiger partial charge in [-0.15, -0.1) is 5.10 Å². The summed E-state index contributed by atoms with van der Waals surface area (Å²) in [6.45, 7) is 17.4. The van der Waals surface area contributed by atoms with Gasteiger partial charge in [0.15, 0.2) is 0 Å². The van der Waals surface area contributed by atoms with Gasteiger partial charge in [0.25, 0.3) is 0 Å². The standard InChI is InChI=1S/C16H30N4/c1-12-13(11-19-9-8-17-18-19)10-14(15(2,3)4)20(12)16(5,6)7/h8-9,12-14H,10-11H2,1-7H3/t12-,13-,14?/m1/s1. The molecule has 0 spiro atoms. The van der Waals surface area contributed by atoms with Gasteiger partial charge in [-0.2, -0.15) is 0 Å². The van der Waals surface area contributed by atoms with Crippen LogP contribution >= 0.6 is 0 Å². The summed E-state index contributed by atoms with van der Waals surface area (Å²) >= 11 is 0. The fourth-order valence-corrected chi connectivity index (χ4v) is 3.75. The van der Waals surface area contributed by atoms with Gasteiger partial charge in [0, 0.05) is 30.4 Å². The second kappa shape index (κ2) is 5.14. The van der Waals surface area contributed by atoms with Crippen LogP contribution in [0.2, 0.25) is 0 Å². The van der Waals surface area contributed by atoms with Crippen LogP contribution in [0.25, 0.3) is 0 Å². The largest absolute Gasteiger partial charge is 0.292 e. The molecule has 1 fully saturated rings. The van der Waals surface area contributed by atoms with Crippen molar-refractivity contribution < 1.29 is 0 Å². The van der Waals surface area contributed by atoms with Crippen LogP contribution in [0.1, 0.15) is 54.9 Å². The highest BCUT2D eigenvalue weighted by molar-refractivity contribution is 5.01. The van der Waals surface area contributed by atoms with Crippen molar-refractivity contribution in [3.8, 4) is 0 Å². The molecule has 1 aliphatic rings. The molecule has 114 valence electrons. The molecule has 1 saturated heterocycles. The fourth-order valence-electron chi connectivity index (χ4n) is 3.75. The van der Waals surface area contributed by atoms with Gasteiger partial charge in [0.1, 0.15) is 0 Å². The zero-order valence-electron chi connectivity index (χ0n) is 14.1. The molecule has 20 heavy (non-hydrogen) atoms. The van der Waals surface area contributed by atoms with Crippen molar-refractivity contribution in [3.05, 3.63) is 12.4 Å². The highest BCUT2D eigenvalue weighted by Gasteiger charge is 2.47. The average Bonchev–Trinajstić information content (AvgIpc) is 2.86. The van der Waals surface area contributed by atoms with Crippen LogP contribution in [0.4, 0.5) is 0 Å². The first-order valence-electron chi connectivity index (χ1n) is 7.73. The van der Waals surface area contributed by atoms with Gasteiger partial charge in [-0.25, -0.2) is 0 Å². The summed E-state index contributed by atoms with van der Waals surface area (Å²) in [7, 11) is 0. The maximum Gasteiger partial charge on any atom is 0.0692 e. The molecule has 1 aliphatic heterocycles. The Labute approximate surface area is 123 Å². The van der Waals surface area contributed by atoms with Crippen molar-refractivity contribution in [2.24, 2.45) is 11.3 Å². The summed E-state index contributed by atoms with van der Waals surface area (Å²) in [5, 5.41) is 8.06. The normalized spacial score (nSPS) is 29.1. The quantitative estimate of drug-likeness (QED) is 0.833. The Morgan fingerprint density at radius 1 is 1.15 bits per heavy atom. The van der Waals surface area contributed by atoms with Gasteiger partial charge in [-0.1, -0.05) is 26.0 Å². The highest BCUT2D eigenvalue weighted by atomic mass is 15.4. The van der Waals surface area contributed by atoms with Gasteiger partial charge in [-0.3, -0.25) is 9.58 Å². The third-order valence-corrected chi connectivity index (χ3v) is 4.65. The van der Waals surface area contributed by atoms with E-state index in [1.165, 1.54) is 6.42 Å². The molecule has 1 unspecified atom stereocenters. The van der Waals surface area contributed by atoms with E-state index in [0.717, 1.165) is 6.54 Å². The third kappa shape index (κ3) is 3.05. The van der Waals surface area contributed by atoms with E-state index in [4.69, 9.17) is 0 Å². The number of nitrogens with zero attached hydrogens (tertiary/aromatic N) is 4. The molecule has 0 radical (unpaired) electrons. The van der Waals surface area contributed by atoms with Crippen LogP contribution in [-0.2, 0) is 6.54 Å². The minimum absolute atomic E-state index is 0.203. The van der Waals surface area contributed by atoms with Crippen molar-refractivity contribution in [3.63, 3.8) is 0 Å². The third-order valence-electron chi connectivity index (χ3n) is 4.65. The molecule has 0 N–H and O–H groups in total. The molecule has 0 bridgehead atoms. The SMILES string of the molecule is C[C@@H]1[C@@H](Cn2ccnn2)CC(C(C)(C)C)N1C(C)(C)C. The van der Waals surface area contributed by atoms with Gasteiger partial charge in [-0.05, 0) is 45.4 Å². The second-order valence-electron chi connectivity index (χ2n) is 8.32. The van der Waals surface area contributed by atoms with Gasteiger partial charge < -0.3 is 0 Å². The average molecular weight is 278 g/mol. The lowest BCUT2D eigenvalue weighted by molar-refractivity contribution is 0.0270. The summed E-state index contributed by atoms with van der Waals surface area (Å²) in [4.78, 5) is 2.72. The Balaban J connectivity index is 2.22. The minimum atomic E-state index is 0.203. The molecule has 2 rings (SSSR count). The fraction of sp³-hybridized carbons (Fsp3) is 0.875. The molecule has 0 amide bonds. The van der Waals surface area contributed by atoms with Crippen LogP contribution in [0.5, 0.6) is 0 Å². The van der Waals surface area contributed by atoms with E-state index in [0.29, 0.717) is 23.4 Å². The predicted octanol–water partition coefficient (Wildman–Crippen LogP) is 3.20. The number of hydrogen-bond acceptors (Lipinski definition) is 3. The summed E-state index contributed by atoms with van der Waals surface area (Å²) in [5.74, 6) is 0.639. The van der Waals surface area contributed by atoms with Crippen LogP contribution in [-0.4, -0.2) is 37.5 Å². The van der Waals surface area contributed by atoms with Crippen molar-refractivity contribution in [1.82, 2.24) is 19.9 Å². The topological polar surface area (TPSA) is 34.0 Å². The van der Waals surface area contributed by atoms with E-state index in [9.17, 15) is 0 Å². The Kier molecular flexibility index (Phi) is 3.98. The van der Waals surface area contributed by atoms with Crippen molar-refractivity contribution >= 4 is 0 Å². The lowest BCUT2D eigenvalue weighted by Crippen LogP contribution is -2.52.